The third-order valence-corrected chi connectivity index (χ3v) is 5.98. The molecule has 0 saturated carbocycles. The topological polar surface area (TPSA) is 89.2 Å². The van der Waals surface area contributed by atoms with Crippen molar-refractivity contribution < 1.29 is 28.6 Å². The van der Waals surface area contributed by atoms with E-state index in [0.717, 1.165) is 4.47 Å². The summed E-state index contributed by atoms with van der Waals surface area (Å²) in [7, 11) is 0. The number of rotatable bonds is 4. The SMILES string of the molecule is O=C1C(=O)N(Cc2ccco2)C(c2ccc(Br)cc2)/C1=C(/O)c1ccc2c(c1)OCCO2. The van der Waals surface area contributed by atoms with E-state index < -0.39 is 17.7 Å². The van der Waals surface area contributed by atoms with Gasteiger partial charge in [-0.15, -0.1) is 0 Å². The molecular weight excluding hydrogens is 478 g/mol. The molecule has 1 fully saturated rings. The van der Waals surface area contributed by atoms with Gasteiger partial charge in [0.05, 0.1) is 24.4 Å². The van der Waals surface area contributed by atoms with Gasteiger partial charge in [0.2, 0.25) is 0 Å². The predicted octanol–water partition coefficient (Wildman–Crippen LogP) is 4.44. The van der Waals surface area contributed by atoms with Crippen molar-refractivity contribution in [2.75, 3.05) is 13.2 Å². The van der Waals surface area contributed by atoms with Crippen LogP contribution in [0.25, 0.3) is 5.76 Å². The van der Waals surface area contributed by atoms with E-state index >= 15 is 0 Å². The maximum atomic E-state index is 13.1. The Balaban J connectivity index is 1.63. The van der Waals surface area contributed by atoms with E-state index in [0.29, 0.717) is 41.6 Å². The Hall–Kier alpha value is -3.52. The second kappa shape index (κ2) is 8.20. The summed E-state index contributed by atoms with van der Waals surface area (Å²) in [4.78, 5) is 27.5. The summed E-state index contributed by atoms with van der Waals surface area (Å²) in [5.74, 6) is -0.144. The Labute approximate surface area is 192 Å². The zero-order valence-electron chi connectivity index (χ0n) is 16.8. The second-order valence-corrected chi connectivity index (χ2v) is 8.33. The molecule has 0 spiro atoms. The fourth-order valence-corrected chi connectivity index (χ4v) is 4.22. The molecule has 0 radical (unpaired) electrons. The molecule has 2 aromatic carbocycles. The molecule has 32 heavy (non-hydrogen) atoms. The highest BCUT2D eigenvalue weighted by atomic mass is 79.9. The monoisotopic (exact) mass is 495 g/mol. The molecule has 1 saturated heterocycles. The predicted molar refractivity (Wildman–Crippen MR) is 118 cm³/mol. The van der Waals surface area contributed by atoms with Crippen molar-refractivity contribution in [3.05, 3.63) is 87.8 Å². The van der Waals surface area contributed by atoms with Crippen molar-refractivity contribution in [1.82, 2.24) is 4.90 Å². The molecule has 1 amide bonds. The summed E-state index contributed by atoms with van der Waals surface area (Å²) in [5, 5.41) is 11.2. The van der Waals surface area contributed by atoms with Crippen LogP contribution in [0.2, 0.25) is 0 Å². The molecule has 5 rings (SSSR count). The first-order valence-electron chi connectivity index (χ1n) is 9.99. The van der Waals surface area contributed by atoms with Crippen LogP contribution in [0.1, 0.15) is 22.9 Å². The van der Waals surface area contributed by atoms with Gasteiger partial charge in [-0.1, -0.05) is 28.1 Å². The van der Waals surface area contributed by atoms with Gasteiger partial charge in [-0.25, -0.2) is 0 Å². The zero-order valence-corrected chi connectivity index (χ0v) is 18.4. The lowest BCUT2D eigenvalue weighted by Crippen LogP contribution is -2.29. The maximum absolute atomic E-state index is 13.1. The van der Waals surface area contributed by atoms with Gasteiger partial charge in [-0.05, 0) is 48.0 Å². The standard InChI is InChI=1S/C24H18BrNO6/c25-16-6-3-14(4-7-16)21-20(23(28)24(29)26(21)13-17-2-1-9-30-17)22(27)15-5-8-18-19(12-15)32-11-10-31-18/h1-9,12,21,27H,10-11,13H2/b22-20-. The van der Waals surface area contributed by atoms with Crippen molar-refractivity contribution in [2.24, 2.45) is 0 Å². The number of aliphatic hydroxyl groups is 1. The fourth-order valence-electron chi connectivity index (χ4n) is 3.95. The lowest BCUT2D eigenvalue weighted by molar-refractivity contribution is -0.140. The molecule has 0 aliphatic carbocycles. The van der Waals surface area contributed by atoms with Crippen LogP contribution >= 0.6 is 15.9 Å². The first-order chi connectivity index (χ1) is 15.5. The van der Waals surface area contributed by atoms with Crippen LogP contribution < -0.4 is 9.47 Å². The van der Waals surface area contributed by atoms with E-state index in [1.807, 2.05) is 24.3 Å². The normalized spacial score (nSPS) is 19.4. The first-order valence-corrected chi connectivity index (χ1v) is 10.8. The van der Waals surface area contributed by atoms with E-state index in [9.17, 15) is 14.7 Å². The number of Topliss-reactive ketones (excluding diaryl/α,β-unsaturated/α-hetero) is 1. The van der Waals surface area contributed by atoms with Gasteiger partial charge in [0.1, 0.15) is 24.7 Å². The molecule has 1 unspecified atom stereocenters. The van der Waals surface area contributed by atoms with Crippen LogP contribution in [-0.4, -0.2) is 34.9 Å². The number of halogens is 1. The van der Waals surface area contributed by atoms with Crippen LogP contribution in [0.15, 0.2) is 75.3 Å². The van der Waals surface area contributed by atoms with E-state index in [1.54, 1.807) is 30.3 Å². The Morgan fingerprint density at radius 2 is 1.78 bits per heavy atom. The molecule has 3 aromatic rings. The highest BCUT2D eigenvalue weighted by Crippen LogP contribution is 2.42. The van der Waals surface area contributed by atoms with Gasteiger partial charge in [0.15, 0.2) is 11.5 Å². The molecule has 7 nitrogen and oxygen atoms in total. The quantitative estimate of drug-likeness (QED) is 0.327. The maximum Gasteiger partial charge on any atom is 0.296 e. The minimum atomic E-state index is -0.776. The summed E-state index contributed by atoms with van der Waals surface area (Å²) < 4.78 is 17.4. The average molecular weight is 496 g/mol. The molecule has 1 aromatic heterocycles. The number of amides is 1. The number of hydrogen-bond acceptors (Lipinski definition) is 6. The fraction of sp³-hybridized carbons (Fsp3) is 0.167. The van der Waals surface area contributed by atoms with Crippen LogP contribution in [0.3, 0.4) is 0 Å². The number of carbonyl (C=O) groups excluding carboxylic acids is 2. The van der Waals surface area contributed by atoms with Crippen LogP contribution in [0.5, 0.6) is 11.5 Å². The molecule has 162 valence electrons. The molecule has 3 heterocycles. The van der Waals surface area contributed by atoms with E-state index in [2.05, 4.69) is 15.9 Å². The number of likely N-dealkylation sites (tertiary alicyclic amines) is 1. The lowest BCUT2D eigenvalue weighted by Gasteiger charge is -2.24. The van der Waals surface area contributed by atoms with Crippen LogP contribution in [0.4, 0.5) is 0 Å². The van der Waals surface area contributed by atoms with Gasteiger partial charge < -0.3 is 23.9 Å². The minimum Gasteiger partial charge on any atom is -0.507 e. The molecule has 2 aliphatic heterocycles. The third kappa shape index (κ3) is 3.56. The molecule has 1 N–H and O–H groups in total. The molecule has 8 heteroatoms. The highest BCUT2D eigenvalue weighted by Gasteiger charge is 2.46. The summed E-state index contributed by atoms with van der Waals surface area (Å²) in [6, 6.07) is 14.9. The van der Waals surface area contributed by atoms with E-state index in [4.69, 9.17) is 13.9 Å². The summed E-state index contributed by atoms with van der Waals surface area (Å²) >= 11 is 3.41. The van der Waals surface area contributed by atoms with Crippen molar-refractivity contribution in [2.45, 2.75) is 12.6 Å². The van der Waals surface area contributed by atoms with Gasteiger partial charge in [0.25, 0.3) is 11.7 Å². The molecule has 1 atom stereocenters. The third-order valence-electron chi connectivity index (χ3n) is 5.45. The van der Waals surface area contributed by atoms with E-state index in [1.165, 1.54) is 11.2 Å². The summed E-state index contributed by atoms with van der Waals surface area (Å²) in [5.41, 5.74) is 1.07. The van der Waals surface area contributed by atoms with Crippen molar-refractivity contribution in [1.29, 1.82) is 0 Å². The second-order valence-electron chi connectivity index (χ2n) is 7.42. The van der Waals surface area contributed by atoms with Gasteiger partial charge >= 0.3 is 0 Å². The number of benzene rings is 2. The van der Waals surface area contributed by atoms with Gasteiger partial charge in [-0.3, -0.25) is 9.59 Å². The summed E-state index contributed by atoms with van der Waals surface area (Å²) in [6.45, 7) is 0.930. The van der Waals surface area contributed by atoms with Crippen molar-refractivity contribution in [3.63, 3.8) is 0 Å². The van der Waals surface area contributed by atoms with E-state index in [-0.39, 0.29) is 17.9 Å². The number of ether oxygens (including phenoxy) is 2. The largest absolute Gasteiger partial charge is 0.507 e. The number of hydrogen-bond donors (Lipinski definition) is 1. The Morgan fingerprint density at radius 1 is 1.03 bits per heavy atom. The molecule has 2 aliphatic rings. The number of fused-ring (bicyclic) bond motifs is 1. The zero-order chi connectivity index (χ0) is 22.2. The Morgan fingerprint density at radius 3 is 2.50 bits per heavy atom. The van der Waals surface area contributed by atoms with Crippen molar-refractivity contribution in [3.8, 4) is 11.5 Å². The first kappa shape index (κ1) is 20.4. The Bertz CT molecular complexity index is 1220. The smallest absolute Gasteiger partial charge is 0.296 e. The van der Waals surface area contributed by atoms with Crippen molar-refractivity contribution >= 4 is 33.4 Å². The highest BCUT2D eigenvalue weighted by molar-refractivity contribution is 9.10. The average Bonchev–Trinajstić information content (AvgIpc) is 3.41. The Kier molecular flexibility index (Phi) is 5.22. The van der Waals surface area contributed by atoms with Crippen LogP contribution in [0, 0.1) is 0 Å². The number of ketones is 1. The number of carbonyl (C=O) groups is 2. The number of nitrogens with zero attached hydrogens (tertiary/aromatic N) is 1. The minimum absolute atomic E-state index is 0.0144. The number of aliphatic hydroxyl groups excluding tert-OH is 1. The summed E-state index contributed by atoms with van der Waals surface area (Å²) in [6.07, 6.45) is 1.51. The molecule has 0 bridgehead atoms. The van der Waals surface area contributed by atoms with Gasteiger partial charge in [0, 0.05) is 10.0 Å². The van der Waals surface area contributed by atoms with Crippen LogP contribution in [-0.2, 0) is 16.1 Å². The number of furan rings is 1. The molecular formula is C24H18BrNO6. The lowest BCUT2D eigenvalue weighted by atomic mass is 9.95. The van der Waals surface area contributed by atoms with Gasteiger partial charge in [-0.2, -0.15) is 0 Å².